The Morgan fingerprint density at radius 1 is 0.900 bits per heavy atom. The Kier molecular flexibility index (Phi) is 5.63. The fraction of sp³-hybridized carbons (Fsp3) is 0.333. The first-order chi connectivity index (χ1) is 9.75. The summed E-state index contributed by atoms with van der Waals surface area (Å²) in [5, 5.41) is 3.50. The molecule has 0 bridgehead atoms. The molecule has 0 saturated carbocycles. The molecule has 2 heteroatoms. The quantitative estimate of drug-likeness (QED) is 0.825. The van der Waals surface area contributed by atoms with E-state index in [0.717, 1.165) is 26.1 Å². The van der Waals surface area contributed by atoms with Gasteiger partial charge in [-0.15, -0.1) is 0 Å². The SMILES string of the molecule is Cc1ccccc1NCCN(C)CCc1ccccc1. The molecule has 106 valence electrons. The fourth-order valence-electron chi connectivity index (χ4n) is 2.23. The van der Waals surface area contributed by atoms with E-state index in [-0.39, 0.29) is 0 Å². The second-order valence-electron chi connectivity index (χ2n) is 5.28. The molecule has 20 heavy (non-hydrogen) atoms. The van der Waals surface area contributed by atoms with Gasteiger partial charge in [0.25, 0.3) is 0 Å². The third-order valence-electron chi connectivity index (χ3n) is 3.58. The molecule has 0 atom stereocenters. The summed E-state index contributed by atoms with van der Waals surface area (Å²) in [6, 6.07) is 19.1. The van der Waals surface area contributed by atoms with Crippen molar-refractivity contribution in [3.8, 4) is 0 Å². The minimum absolute atomic E-state index is 0.982. The van der Waals surface area contributed by atoms with Crippen LogP contribution in [0.1, 0.15) is 11.1 Å². The molecule has 0 aliphatic heterocycles. The van der Waals surface area contributed by atoms with E-state index < -0.39 is 0 Å². The number of hydrogen-bond acceptors (Lipinski definition) is 2. The van der Waals surface area contributed by atoms with Crippen LogP contribution in [0.25, 0.3) is 0 Å². The number of rotatable bonds is 7. The van der Waals surface area contributed by atoms with Crippen molar-refractivity contribution in [3.63, 3.8) is 0 Å². The number of nitrogens with zero attached hydrogens (tertiary/aromatic N) is 1. The van der Waals surface area contributed by atoms with Crippen molar-refractivity contribution >= 4 is 5.69 Å². The maximum atomic E-state index is 3.50. The first-order valence-electron chi connectivity index (χ1n) is 7.27. The topological polar surface area (TPSA) is 15.3 Å². The normalized spacial score (nSPS) is 10.8. The van der Waals surface area contributed by atoms with Crippen LogP contribution in [-0.4, -0.2) is 31.6 Å². The monoisotopic (exact) mass is 268 g/mol. The highest BCUT2D eigenvalue weighted by molar-refractivity contribution is 5.50. The second kappa shape index (κ2) is 7.71. The van der Waals surface area contributed by atoms with Crippen molar-refractivity contribution in [2.24, 2.45) is 0 Å². The van der Waals surface area contributed by atoms with Crippen molar-refractivity contribution in [3.05, 3.63) is 65.7 Å². The average molecular weight is 268 g/mol. The van der Waals surface area contributed by atoms with Gasteiger partial charge in [0.2, 0.25) is 0 Å². The summed E-state index contributed by atoms with van der Waals surface area (Å²) in [6.07, 6.45) is 1.11. The minimum Gasteiger partial charge on any atom is -0.384 e. The van der Waals surface area contributed by atoms with Crippen LogP contribution >= 0.6 is 0 Å². The van der Waals surface area contributed by atoms with Crippen LogP contribution in [-0.2, 0) is 6.42 Å². The summed E-state index contributed by atoms with van der Waals surface area (Å²) in [7, 11) is 2.18. The highest BCUT2D eigenvalue weighted by atomic mass is 15.1. The number of para-hydroxylation sites is 1. The molecule has 0 spiro atoms. The van der Waals surface area contributed by atoms with Gasteiger partial charge in [0.1, 0.15) is 0 Å². The third kappa shape index (κ3) is 4.71. The van der Waals surface area contributed by atoms with E-state index in [4.69, 9.17) is 0 Å². The molecular weight excluding hydrogens is 244 g/mol. The lowest BCUT2D eigenvalue weighted by atomic mass is 10.1. The maximum Gasteiger partial charge on any atom is 0.0370 e. The van der Waals surface area contributed by atoms with E-state index in [2.05, 4.69) is 78.8 Å². The van der Waals surface area contributed by atoms with Crippen molar-refractivity contribution in [2.75, 3.05) is 32.0 Å². The van der Waals surface area contributed by atoms with Crippen LogP contribution in [0, 0.1) is 6.92 Å². The molecule has 0 aliphatic carbocycles. The molecular formula is C18H24N2. The molecule has 1 N–H and O–H groups in total. The standard InChI is InChI=1S/C18H24N2/c1-16-8-6-7-11-18(16)19-13-15-20(2)14-12-17-9-4-3-5-10-17/h3-11,19H,12-15H2,1-2H3. The Labute approximate surface area is 122 Å². The van der Waals surface area contributed by atoms with Crippen LogP contribution < -0.4 is 5.32 Å². The fourth-order valence-corrected chi connectivity index (χ4v) is 2.23. The lowest BCUT2D eigenvalue weighted by Crippen LogP contribution is -2.27. The second-order valence-corrected chi connectivity index (χ2v) is 5.28. The zero-order valence-electron chi connectivity index (χ0n) is 12.5. The molecule has 2 rings (SSSR count). The lowest BCUT2D eigenvalue weighted by molar-refractivity contribution is 0.351. The van der Waals surface area contributed by atoms with E-state index >= 15 is 0 Å². The number of hydrogen-bond donors (Lipinski definition) is 1. The molecule has 2 aromatic rings. The summed E-state index contributed by atoms with van der Waals surface area (Å²) in [4.78, 5) is 2.37. The first-order valence-corrected chi connectivity index (χ1v) is 7.27. The Balaban J connectivity index is 1.68. The van der Waals surface area contributed by atoms with Gasteiger partial charge in [0.05, 0.1) is 0 Å². The molecule has 0 amide bonds. The summed E-state index contributed by atoms with van der Waals surface area (Å²) in [6.45, 7) is 5.28. The lowest BCUT2D eigenvalue weighted by Gasteiger charge is -2.18. The first kappa shape index (κ1) is 14.6. The van der Waals surface area contributed by atoms with Gasteiger partial charge < -0.3 is 10.2 Å². The average Bonchev–Trinajstić information content (AvgIpc) is 2.48. The van der Waals surface area contributed by atoms with E-state index in [9.17, 15) is 0 Å². The zero-order chi connectivity index (χ0) is 14.2. The van der Waals surface area contributed by atoms with Gasteiger partial charge in [0, 0.05) is 25.3 Å². The maximum absolute atomic E-state index is 3.50. The molecule has 0 unspecified atom stereocenters. The molecule has 0 aliphatic rings. The number of likely N-dealkylation sites (N-methyl/N-ethyl adjacent to an activating group) is 1. The van der Waals surface area contributed by atoms with Crippen LogP contribution in [0.5, 0.6) is 0 Å². The summed E-state index contributed by atoms with van der Waals surface area (Å²) in [5.41, 5.74) is 3.95. The van der Waals surface area contributed by atoms with Gasteiger partial charge in [-0.2, -0.15) is 0 Å². The Bertz CT molecular complexity index is 508. The predicted molar refractivity (Wildman–Crippen MR) is 87.3 cm³/mol. The molecule has 0 fully saturated rings. The van der Waals surface area contributed by atoms with Gasteiger partial charge in [0.15, 0.2) is 0 Å². The van der Waals surface area contributed by atoms with Crippen LogP contribution in [0.2, 0.25) is 0 Å². The van der Waals surface area contributed by atoms with Crippen LogP contribution in [0.3, 0.4) is 0 Å². The van der Waals surface area contributed by atoms with Gasteiger partial charge in [-0.25, -0.2) is 0 Å². The number of aryl methyl sites for hydroxylation is 1. The molecule has 0 saturated heterocycles. The summed E-state index contributed by atoms with van der Waals surface area (Å²) >= 11 is 0. The van der Waals surface area contributed by atoms with Crippen molar-refractivity contribution in [1.29, 1.82) is 0 Å². The van der Waals surface area contributed by atoms with Gasteiger partial charge >= 0.3 is 0 Å². The summed E-state index contributed by atoms with van der Waals surface area (Å²) in [5.74, 6) is 0. The van der Waals surface area contributed by atoms with Gasteiger partial charge in [-0.3, -0.25) is 0 Å². The zero-order valence-corrected chi connectivity index (χ0v) is 12.5. The Morgan fingerprint density at radius 3 is 2.35 bits per heavy atom. The molecule has 2 aromatic carbocycles. The smallest absolute Gasteiger partial charge is 0.0370 e. The number of anilines is 1. The highest BCUT2D eigenvalue weighted by Crippen LogP contribution is 2.12. The summed E-state index contributed by atoms with van der Waals surface area (Å²) < 4.78 is 0. The van der Waals surface area contributed by atoms with Crippen molar-refractivity contribution < 1.29 is 0 Å². The van der Waals surface area contributed by atoms with Crippen molar-refractivity contribution in [2.45, 2.75) is 13.3 Å². The molecule has 0 aromatic heterocycles. The molecule has 0 radical (unpaired) electrons. The van der Waals surface area contributed by atoms with Gasteiger partial charge in [-0.05, 0) is 37.6 Å². The predicted octanol–water partition coefficient (Wildman–Crippen LogP) is 3.58. The molecule has 0 heterocycles. The third-order valence-corrected chi connectivity index (χ3v) is 3.58. The van der Waals surface area contributed by atoms with Crippen LogP contribution in [0.4, 0.5) is 5.69 Å². The van der Waals surface area contributed by atoms with E-state index in [1.54, 1.807) is 0 Å². The van der Waals surface area contributed by atoms with Crippen LogP contribution in [0.15, 0.2) is 54.6 Å². The van der Waals surface area contributed by atoms with E-state index in [1.165, 1.54) is 16.8 Å². The van der Waals surface area contributed by atoms with E-state index in [1.807, 2.05) is 0 Å². The van der Waals surface area contributed by atoms with Crippen molar-refractivity contribution in [1.82, 2.24) is 4.90 Å². The Morgan fingerprint density at radius 2 is 1.60 bits per heavy atom. The van der Waals surface area contributed by atoms with Gasteiger partial charge in [-0.1, -0.05) is 48.5 Å². The minimum atomic E-state index is 0.982. The number of nitrogens with one attached hydrogen (secondary N) is 1. The number of benzene rings is 2. The van der Waals surface area contributed by atoms with E-state index in [0.29, 0.717) is 0 Å². The molecule has 2 nitrogen and oxygen atoms in total. The highest BCUT2D eigenvalue weighted by Gasteiger charge is 2.00. The Hall–Kier alpha value is -1.80. The largest absolute Gasteiger partial charge is 0.384 e.